The molecule has 1 aromatic heterocycles. The smallest absolute Gasteiger partial charge is 0.106 e. The van der Waals surface area contributed by atoms with Crippen LogP contribution in [-0.4, -0.2) is 16.1 Å². The van der Waals surface area contributed by atoms with E-state index in [4.69, 9.17) is 11.5 Å². The second-order valence-corrected chi connectivity index (χ2v) is 5.15. The number of nitrogens with zero attached hydrogens (tertiary/aromatic N) is 2. The van der Waals surface area contributed by atoms with E-state index in [1.54, 1.807) is 0 Å². The summed E-state index contributed by atoms with van der Waals surface area (Å²) in [5.41, 5.74) is 15.2. The van der Waals surface area contributed by atoms with E-state index in [1.807, 2.05) is 14.0 Å². The van der Waals surface area contributed by atoms with Crippen LogP contribution in [0.25, 0.3) is 11.0 Å². The Hall–Kier alpha value is -1.39. The standard InChI is InChI=1S/C14H22N4/c1-9(8-15)6-12(16)11-4-5-14-13(7-11)17-10(2)18(14)3/h4-5,7,9,12H,6,8,15-16H2,1-3H3. The lowest BCUT2D eigenvalue weighted by Crippen LogP contribution is -2.19. The van der Waals surface area contributed by atoms with Crippen molar-refractivity contribution in [2.45, 2.75) is 26.3 Å². The molecule has 1 heterocycles. The van der Waals surface area contributed by atoms with Crippen LogP contribution in [0, 0.1) is 12.8 Å². The van der Waals surface area contributed by atoms with Gasteiger partial charge in [-0.15, -0.1) is 0 Å². The first-order valence-electron chi connectivity index (χ1n) is 6.41. The van der Waals surface area contributed by atoms with Crippen molar-refractivity contribution in [2.24, 2.45) is 24.4 Å². The van der Waals surface area contributed by atoms with E-state index in [0.29, 0.717) is 12.5 Å². The second kappa shape index (κ2) is 5.08. The van der Waals surface area contributed by atoms with Crippen LogP contribution >= 0.6 is 0 Å². The highest BCUT2D eigenvalue weighted by Gasteiger charge is 2.12. The number of hydrogen-bond acceptors (Lipinski definition) is 3. The molecule has 0 aliphatic carbocycles. The average molecular weight is 246 g/mol. The van der Waals surface area contributed by atoms with Gasteiger partial charge in [-0.1, -0.05) is 13.0 Å². The van der Waals surface area contributed by atoms with Gasteiger partial charge in [0.2, 0.25) is 0 Å². The van der Waals surface area contributed by atoms with Crippen molar-refractivity contribution in [3.63, 3.8) is 0 Å². The van der Waals surface area contributed by atoms with Crippen molar-refractivity contribution in [3.8, 4) is 0 Å². The van der Waals surface area contributed by atoms with Crippen LogP contribution in [0.4, 0.5) is 0 Å². The van der Waals surface area contributed by atoms with Gasteiger partial charge in [-0.3, -0.25) is 0 Å². The molecule has 98 valence electrons. The maximum absolute atomic E-state index is 6.22. The normalized spacial score (nSPS) is 14.9. The molecule has 2 atom stereocenters. The molecule has 1 aromatic carbocycles. The van der Waals surface area contributed by atoms with Gasteiger partial charge in [0.15, 0.2) is 0 Å². The van der Waals surface area contributed by atoms with Crippen LogP contribution in [-0.2, 0) is 7.05 Å². The van der Waals surface area contributed by atoms with Crippen molar-refractivity contribution < 1.29 is 0 Å². The predicted octanol–water partition coefficient (Wildman–Crippen LogP) is 1.87. The number of imidazole rings is 1. The minimum Gasteiger partial charge on any atom is -0.331 e. The van der Waals surface area contributed by atoms with Crippen LogP contribution in [0.1, 0.15) is 30.8 Å². The SMILES string of the molecule is Cc1nc2cc(C(N)CC(C)CN)ccc2n1C. The Balaban J connectivity index is 2.29. The molecule has 4 heteroatoms. The van der Waals surface area contributed by atoms with Gasteiger partial charge >= 0.3 is 0 Å². The summed E-state index contributed by atoms with van der Waals surface area (Å²) >= 11 is 0. The Kier molecular flexibility index (Phi) is 3.68. The van der Waals surface area contributed by atoms with Crippen LogP contribution < -0.4 is 11.5 Å². The molecule has 2 unspecified atom stereocenters. The highest BCUT2D eigenvalue weighted by molar-refractivity contribution is 5.76. The summed E-state index contributed by atoms with van der Waals surface area (Å²) < 4.78 is 2.09. The molecule has 2 rings (SSSR count). The minimum absolute atomic E-state index is 0.0373. The Morgan fingerprint density at radius 3 is 2.78 bits per heavy atom. The summed E-state index contributed by atoms with van der Waals surface area (Å²) in [6, 6.07) is 6.32. The lowest BCUT2D eigenvalue weighted by molar-refractivity contribution is 0.482. The van der Waals surface area contributed by atoms with E-state index < -0.39 is 0 Å². The number of rotatable bonds is 4. The zero-order chi connectivity index (χ0) is 13.3. The van der Waals surface area contributed by atoms with Crippen LogP contribution in [0.3, 0.4) is 0 Å². The fraction of sp³-hybridized carbons (Fsp3) is 0.500. The zero-order valence-corrected chi connectivity index (χ0v) is 11.4. The minimum atomic E-state index is 0.0373. The molecular formula is C14H22N4. The van der Waals surface area contributed by atoms with Gasteiger partial charge in [0, 0.05) is 13.1 Å². The predicted molar refractivity (Wildman–Crippen MR) is 75.2 cm³/mol. The van der Waals surface area contributed by atoms with Gasteiger partial charge in [0.1, 0.15) is 5.82 Å². The second-order valence-electron chi connectivity index (χ2n) is 5.15. The number of hydrogen-bond donors (Lipinski definition) is 2. The van der Waals surface area contributed by atoms with E-state index >= 15 is 0 Å². The molecule has 2 aromatic rings. The monoisotopic (exact) mass is 246 g/mol. The lowest BCUT2D eigenvalue weighted by atomic mass is 9.96. The first kappa shape index (κ1) is 13.1. The van der Waals surface area contributed by atoms with Gasteiger partial charge in [-0.05, 0) is 43.5 Å². The van der Waals surface area contributed by atoms with Gasteiger partial charge in [-0.25, -0.2) is 4.98 Å². The molecule has 0 saturated heterocycles. The molecule has 0 saturated carbocycles. The van der Waals surface area contributed by atoms with E-state index in [9.17, 15) is 0 Å². The molecule has 0 aliphatic rings. The molecular weight excluding hydrogens is 224 g/mol. The van der Waals surface area contributed by atoms with Crippen LogP contribution in [0.15, 0.2) is 18.2 Å². The molecule has 4 nitrogen and oxygen atoms in total. The van der Waals surface area contributed by atoms with Crippen molar-refractivity contribution in [1.82, 2.24) is 9.55 Å². The summed E-state index contributed by atoms with van der Waals surface area (Å²) in [4.78, 5) is 4.54. The largest absolute Gasteiger partial charge is 0.331 e. The molecule has 4 N–H and O–H groups in total. The van der Waals surface area contributed by atoms with Crippen LogP contribution in [0.5, 0.6) is 0 Å². The fourth-order valence-corrected chi connectivity index (χ4v) is 2.23. The van der Waals surface area contributed by atoms with Gasteiger partial charge in [0.25, 0.3) is 0 Å². The molecule has 0 amide bonds. The fourth-order valence-electron chi connectivity index (χ4n) is 2.23. The van der Waals surface area contributed by atoms with E-state index in [-0.39, 0.29) is 6.04 Å². The average Bonchev–Trinajstić information content (AvgIpc) is 2.64. The van der Waals surface area contributed by atoms with Gasteiger partial charge < -0.3 is 16.0 Å². The first-order chi connectivity index (χ1) is 8.52. The highest BCUT2D eigenvalue weighted by Crippen LogP contribution is 2.23. The van der Waals surface area contributed by atoms with Crippen LogP contribution in [0.2, 0.25) is 0 Å². The third kappa shape index (κ3) is 2.40. The lowest BCUT2D eigenvalue weighted by Gasteiger charge is -2.16. The van der Waals surface area contributed by atoms with Crippen molar-refractivity contribution >= 4 is 11.0 Å². The molecule has 0 spiro atoms. The number of aryl methyl sites for hydroxylation is 2. The van der Waals surface area contributed by atoms with E-state index in [0.717, 1.165) is 28.8 Å². The molecule has 0 bridgehead atoms. The summed E-state index contributed by atoms with van der Waals surface area (Å²) in [5, 5.41) is 0. The Morgan fingerprint density at radius 1 is 1.39 bits per heavy atom. The number of nitrogens with two attached hydrogens (primary N) is 2. The maximum atomic E-state index is 6.22. The Bertz CT molecular complexity index is 544. The van der Waals surface area contributed by atoms with E-state index in [2.05, 4.69) is 34.7 Å². The topological polar surface area (TPSA) is 69.9 Å². The number of benzene rings is 1. The van der Waals surface area contributed by atoms with Crippen molar-refractivity contribution in [1.29, 1.82) is 0 Å². The summed E-state index contributed by atoms with van der Waals surface area (Å²) in [6.07, 6.45) is 0.911. The molecule has 18 heavy (non-hydrogen) atoms. The summed E-state index contributed by atoms with van der Waals surface area (Å²) in [7, 11) is 2.03. The first-order valence-corrected chi connectivity index (χ1v) is 6.41. The van der Waals surface area contributed by atoms with Gasteiger partial charge in [0.05, 0.1) is 11.0 Å². The van der Waals surface area contributed by atoms with Crippen molar-refractivity contribution in [2.75, 3.05) is 6.54 Å². The third-order valence-corrected chi connectivity index (χ3v) is 3.62. The summed E-state index contributed by atoms with van der Waals surface area (Å²) in [6.45, 7) is 4.82. The van der Waals surface area contributed by atoms with Gasteiger partial charge in [-0.2, -0.15) is 0 Å². The van der Waals surface area contributed by atoms with E-state index in [1.165, 1.54) is 0 Å². The molecule has 0 radical (unpaired) electrons. The Morgan fingerprint density at radius 2 is 2.11 bits per heavy atom. The summed E-state index contributed by atoms with van der Waals surface area (Å²) in [5.74, 6) is 1.47. The molecule has 0 aliphatic heterocycles. The number of fused-ring (bicyclic) bond motifs is 1. The maximum Gasteiger partial charge on any atom is 0.106 e. The number of aromatic nitrogens is 2. The molecule has 0 fully saturated rings. The Labute approximate surface area is 108 Å². The zero-order valence-electron chi connectivity index (χ0n) is 11.4. The highest BCUT2D eigenvalue weighted by atomic mass is 15.0. The quantitative estimate of drug-likeness (QED) is 0.865. The third-order valence-electron chi connectivity index (χ3n) is 3.62. The van der Waals surface area contributed by atoms with Crippen molar-refractivity contribution in [3.05, 3.63) is 29.6 Å².